The van der Waals surface area contributed by atoms with Crippen molar-refractivity contribution >= 4 is 23.2 Å². The number of amides is 2. The summed E-state index contributed by atoms with van der Waals surface area (Å²) < 4.78 is 0. The van der Waals surface area contributed by atoms with Gasteiger partial charge in [-0.25, -0.2) is 0 Å². The van der Waals surface area contributed by atoms with Crippen molar-refractivity contribution in [1.29, 1.82) is 0 Å². The first-order valence-corrected chi connectivity index (χ1v) is 11.0. The number of likely N-dealkylation sites (tertiary alicyclic amines) is 1. The molecule has 0 radical (unpaired) electrons. The van der Waals surface area contributed by atoms with Crippen molar-refractivity contribution in [2.45, 2.75) is 32.1 Å². The number of hydrogen-bond donors (Lipinski definition) is 0. The third-order valence-corrected chi connectivity index (χ3v) is 7.20. The van der Waals surface area contributed by atoms with Crippen LogP contribution in [0, 0.1) is 11.3 Å². The first-order chi connectivity index (χ1) is 13.5. The molecular weight excluding hydrogens is 368 g/mol. The topological polar surface area (TPSA) is 40.6 Å². The van der Waals surface area contributed by atoms with Crippen LogP contribution < -0.4 is 0 Å². The highest BCUT2D eigenvalue weighted by Crippen LogP contribution is 2.39. The van der Waals surface area contributed by atoms with Gasteiger partial charge in [0, 0.05) is 38.0 Å². The number of hydrogen-bond acceptors (Lipinski definition) is 3. The summed E-state index contributed by atoms with van der Waals surface area (Å²) in [4.78, 5) is 30.8. The summed E-state index contributed by atoms with van der Waals surface area (Å²) in [5.41, 5.74) is 1.86. The van der Waals surface area contributed by atoms with E-state index in [2.05, 4.69) is 41.8 Å². The fraction of sp³-hybridized carbons (Fsp3) is 0.478. The predicted molar refractivity (Wildman–Crippen MR) is 113 cm³/mol. The maximum atomic E-state index is 13.1. The SMILES string of the molecule is CN(C)C(=O)[C@@]1(Cc2ccc(-c3cccs3)cc2)CCN(C(=O)C2CCC2)C1. The van der Waals surface area contributed by atoms with Crippen molar-refractivity contribution < 1.29 is 9.59 Å². The molecule has 0 spiro atoms. The van der Waals surface area contributed by atoms with E-state index in [1.54, 1.807) is 16.2 Å². The van der Waals surface area contributed by atoms with Gasteiger partial charge < -0.3 is 9.80 Å². The van der Waals surface area contributed by atoms with Gasteiger partial charge in [0.15, 0.2) is 0 Å². The largest absolute Gasteiger partial charge is 0.348 e. The number of thiophene rings is 1. The minimum absolute atomic E-state index is 0.138. The molecule has 1 aromatic heterocycles. The molecule has 28 heavy (non-hydrogen) atoms. The molecule has 1 saturated heterocycles. The highest BCUT2D eigenvalue weighted by molar-refractivity contribution is 7.13. The number of carbonyl (C=O) groups is 2. The van der Waals surface area contributed by atoms with E-state index < -0.39 is 5.41 Å². The van der Waals surface area contributed by atoms with Crippen LogP contribution in [0.4, 0.5) is 0 Å². The predicted octanol–water partition coefficient (Wildman–Crippen LogP) is 4.06. The third kappa shape index (κ3) is 3.60. The number of nitrogens with zero attached hydrogens (tertiary/aromatic N) is 2. The Kier molecular flexibility index (Phi) is 5.28. The van der Waals surface area contributed by atoms with E-state index in [4.69, 9.17) is 0 Å². The Morgan fingerprint density at radius 2 is 1.93 bits per heavy atom. The summed E-state index contributed by atoms with van der Waals surface area (Å²) in [5.74, 6) is 0.585. The average Bonchev–Trinajstić information content (AvgIpc) is 3.31. The van der Waals surface area contributed by atoms with Crippen molar-refractivity contribution in [3.05, 3.63) is 47.3 Å². The highest BCUT2D eigenvalue weighted by Gasteiger charge is 2.47. The molecule has 0 unspecified atom stereocenters. The standard InChI is InChI=1S/C23H28N2O2S/c1-24(2)22(27)23(12-13-25(16-23)21(26)19-5-3-6-19)15-17-8-10-18(11-9-17)20-7-4-14-28-20/h4,7-11,14,19H,3,5-6,12-13,15-16H2,1-2H3/t23-/m1/s1. The van der Waals surface area contributed by atoms with E-state index in [0.717, 1.165) is 31.2 Å². The third-order valence-electron chi connectivity index (χ3n) is 6.28. The maximum Gasteiger partial charge on any atom is 0.230 e. The smallest absolute Gasteiger partial charge is 0.230 e. The van der Waals surface area contributed by atoms with Crippen LogP contribution in [0.2, 0.25) is 0 Å². The number of benzene rings is 1. The molecule has 1 aliphatic carbocycles. The lowest BCUT2D eigenvalue weighted by Gasteiger charge is -2.33. The van der Waals surface area contributed by atoms with Crippen LogP contribution >= 0.6 is 11.3 Å². The van der Waals surface area contributed by atoms with E-state index in [1.807, 2.05) is 19.0 Å². The average molecular weight is 397 g/mol. The molecule has 5 heteroatoms. The summed E-state index contributed by atoms with van der Waals surface area (Å²) in [7, 11) is 3.64. The van der Waals surface area contributed by atoms with Crippen molar-refractivity contribution in [3.8, 4) is 10.4 Å². The molecular formula is C23H28N2O2S. The van der Waals surface area contributed by atoms with Gasteiger partial charge in [0.1, 0.15) is 0 Å². The Hall–Kier alpha value is -2.14. The number of carbonyl (C=O) groups excluding carboxylic acids is 2. The second-order valence-electron chi connectivity index (χ2n) is 8.47. The molecule has 2 heterocycles. The zero-order valence-electron chi connectivity index (χ0n) is 16.7. The highest BCUT2D eigenvalue weighted by atomic mass is 32.1. The van der Waals surface area contributed by atoms with Crippen molar-refractivity contribution in [2.24, 2.45) is 11.3 Å². The monoisotopic (exact) mass is 396 g/mol. The molecule has 2 aromatic rings. The van der Waals surface area contributed by atoms with E-state index in [0.29, 0.717) is 19.5 Å². The lowest BCUT2D eigenvalue weighted by molar-refractivity contribution is -0.141. The minimum atomic E-state index is -0.507. The lowest BCUT2D eigenvalue weighted by Crippen LogP contribution is -2.46. The molecule has 1 aromatic carbocycles. The van der Waals surface area contributed by atoms with Crippen molar-refractivity contribution in [3.63, 3.8) is 0 Å². The summed E-state index contributed by atoms with van der Waals surface area (Å²) in [5, 5.41) is 2.08. The first-order valence-electron chi connectivity index (χ1n) is 10.1. The van der Waals surface area contributed by atoms with Gasteiger partial charge in [-0.3, -0.25) is 9.59 Å². The van der Waals surface area contributed by atoms with E-state index in [9.17, 15) is 9.59 Å². The zero-order chi connectivity index (χ0) is 19.7. The summed E-state index contributed by atoms with van der Waals surface area (Å²) in [6, 6.07) is 12.7. The summed E-state index contributed by atoms with van der Waals surface area (Å²) in [6.07, 6.45) is 4.60. The van der Waals surface area contributed by atoms with Crippen LogP contribution in [0.3, 0.4) is 0 Å². The summed E-state index contributed by atoms with van der Waals surface area (Å²) in [6.45, 7) is 1.24. The fourth-order valence-electron chi connectivity index (χ4n) is 4.46. The molecule has 148 valence electrons. The van der Waals surface area contributed by atoms with Gasteiger partial charge in [-0.05, 0) is 48.3 Å². The first kappa shape index (κ1) is 19.2. The van der Waals surface area contributed by atoms with E-state index in [-0.39, 0.29) is 17.7 Å². The molecule has 1 atom stereocenters. The molecule has 4 nitrogen and oxygen atoms in total. The molecule has 0 bridgehead atoms. The van der Waals surface area contributed by atoms with Crippen LogP contribution in [0.1, 0.15) is 31.2 Å². The van der Waals surface area contributed by atoms with Crippen molar-refractivity contribution in [2.75, 3.05) is 27.2 Å². The van der Waals surface area contributed by atoms with Gasteiger partial charge in [0.2, 0.25) is 11.8 Å². The fourth-order valence-corrected chi connectivity index (χ4v) is 5.20. The Morgan fingerprint density at radius 1 is 1.18 bits per heavy atom. The zero-order valence-corrected chi connectivity index (χ0v) is 17.5. The van der Waals surface area contributed by atoms with Gasteiger partial charge in [-0.15, -0.1) is 11.3 Å². The van der Waals surface area contributed by atoms with E-state index in [1.165, 1.54) is 10.4 Å². The maximum absolute atomic E-state index is 13.1. The quantitative estimate of drug-likeness (QED) is 0.765. The molecule has 2 aliphatic rings. The minimum Gasteiger partial charge on any atom is -0.348 e. The van der Waals surface area contributed by atoms with Crippen LogP contribution in [0.15, 0.2) is 41.8 Å². The summed E-state index contributed by atoms with van der Waals surface area (Å²) >= 11 is 1.73. The molecule has 1 aliphatic heterocycles. The van der Waals surface area contributed by atoms with Gasteiger partial charge in [0.05, 0.1) is 5.41 Å². The molecule has 4 rings (SSSR count). The normalized spacial score (nSPS) is 22.1. The van der Waals surface area contributed by atoms with Gasteiger partial charge >= 0.3 is 0 Å². The molecule has 2 amide bonds. The van der Waals surface area contributed by atoms with Crippen LogP contribution in [0.25, 0.3) is 10.4 Å². The second-order valence-corrected chi connectivity index (χ2v) is 9.42. The Balaban J connectivity index is 1.53. The van der Waals surface area contributed by atoms with Gasteiger partial charge in [0.25, 0.3) is 0 Å². The van der Waals surface area contributed by atoms with Crippen molar-refractivity contribution in [1.82, 2.24) is 9.80 Å². The van der Waals surface area contributed by atoms with Crippen LogP contribution in [-0.4, -0.2) is 48.8 Å². The molecule has 1 saturated carbocycles. The molecule has 0 N–H and O–H groups in total. The Labute approximate surface area is 171 Å². The molecule has 2 fully saturated rings. The number of rotatable bonds is 5. The van der Waals surface area contributed by atoms with E-state index >= 15 is 0 Å². The lowest BCUT2D eigenvalue weighted by atomic mass is 9.79. The van der Waals surface area contributed by atoms with Gasteiger partial charge in [-0.2, -0.15) is 0 Å². The second kappa shape index (κ2) is 7.70. The Morgan fingerprint density at radius 3 is 2.50 bits per heavy atom. The Bertz CT molecular complexity index is 840. The van der Waals surface area contributed by atoms with Gasteiger partial charge in [-0.1, -0.05) is 36.8 Å². The van der Waals surface area contributed by atoms with Crippen LogP contribution in [-0.2, 0) is 16.0 Å². The van der Waals surface area contributed by atoms with Crippen LogP contribution in [0.5, 0.6) is 0 Å².